The Hall–Kier alpha value is -1.58. The molecule has 0 saturated carbocycles. The Morgan fingerprint density at radius 2 is 1.86 bits per heavy atom. The van der Waals surface area contributed by atoms with Gasteiger partial charge in [0.15, 0.2) is 11.4 Å². The van der Waals surface area contributed by atoms with Crippen LogP contribution in [-0.2, 0) is 4.74 Å². The highest BCUT2D eigenvalue weighted by molar-refractivity contribution is 7.99. The molecule has 3 heteroatoms. The van der Waals surface area contributed by atoms with E-state index in [0.717, 1.165) is 16.0 Å². The molecule has 1 spiro atoms. The van der Waals surface area contributed by atoms with Crippen molar-refractivity contribution in [1.29, 1.82) is 0 Å². The van der Waals surface area contributed by atoms with E-state index in [1.165, 1.54) is 5.56 Å². The van der Waals surface area contributed by atoms with Gasteiger partial charge in [0.2, 0.25) is 0 Å². The van der Waals surface area contributed by atoms with Crippen LogP contribution in [-0.4, -0.2) is 17.1 Å². The SMILES string of the molecule is CC(C)c1ccc([C@H]2O[C@]23CSc2ccccc2C3=O)cc1. The molecule has 22 heavy (non-hydrogen) atoms. The first kappa shape index (κ1) is 14.0. The van der Waals surface area contributed by atoms with Gasteiger partial charge in [0.05, 0.1) is 0 Å². The summed E-state index contributed by atoms with van der Waals surface area (Å²) >= 11 is 1.72. The monoisotopic (exact) mass is 310 g/mol. The zero-order valence-electron chi connectivity index (χ0n) is 12.7. The highest BCUT2D eigenvalue weighted by Gasteiger charge is 2.64. The maximum Gasteiger partial charge on any atom is 0.199 e. The molecule has 2 aliphatic heterocycles. The number of epoxide rings is 1. The molecule has 0 amide bonds. The Bertz CT molecular complexity index is 735. The third kappa shape index (κ3) is 2.03. The first-order valence-corrected chi connectivity index (χ1v) is 8.65. The zero-order chi connectivity index (χ0) is 15.3. The largest absolute Gasteiger partial charge is 0.351 e. The minimum Gasteiger partial charge on any atom is -0.351 e. The number of carbonyl (C=O) groups is 1. The predicted octanol–water partition coefficient (Wildman–Crippen LogP) is 4.61. The van der Waals surface area contributed by atoms with Gasteiger partial charge in [-0.05, 0) is 23.1 Å². The fourth-order valence-electron chi connectivity index (χ4n) is 3.11. The van der Waals surface area contributed by atoms with Gasteiger partial charge < -0.3 is 4.74 Å². The molecule has 2 aromatic rings. The van der Waals surface area contributed by atoms with Gasteiger partial charge in [-0.2, -0.15) is 0 Å². The van der Waals surface area contributed by atoms with Crippen LogP contribution in [0.3, 0.4) is 0 Å². The van der Waals surface area contributed by atoms with Gasteiger partial charge in [0, 0.05) is 16.2 Å². The smallest absolute Gasteiger partial charge is 0.199 e. The van der Waals surface area contributed by atoms with Crippen LogP contribution in [0.2, 0.25) is 0 Å². The molecule has 0 radical (unpaired) electrons. The normalized spacial score (nSPS) is 26.3. The van der Waals surface area contributed by atoms with E-state index >= 15 is 0 Å². The van der Waals surface area contributed by atoms with Crippen molar-refractivity contribution >= 4 is 17.5 Å². The molecule has 2 aliphatic rings. The fourth-order valence-corrected chi connectivity index (χ4v) is 4.32. The lowest BCUT2D eigenvalue weighted by Crippen LogP contribution is -2.32. The number of thioether (sulfide) groups is 1. The minimum absolute atomic E-state index is 0.0953. The number of carbonyl (C=O) groups excluding carboxylic acids is 1. The number of ether oxygens (including phenoxy) is 1. The number of benzene rings is 2. The van der Waals surface area contributed by atoms with Crippen molar-refractivity contribution in [2.75, 3.05) is 5.75 Å². The highest BCUT2D eigenvalue weighted by Crippen LogP contribution is 2.56. The van der Waals surface area contributed by atoms with E-state index in [0.29, 0.717) is 11.7 Å². The van der Waals surface area contributed by atoms with Crippen molar-refractivity contribution in [2.45, 2.75) is 36.4 Å². The van der Waals surface area contributed by atoms with Crippen LogP contribution in [0.15, 0.2) is 53.4 Å². The summed E-state index contributed by atoms with van der Waals surface area (Å²) in [6, 6.07) is 16.3. The zero-order valence-corrected chi connectivity index (χ0v) is 13.5. The van der Waals surface area contributed by atoms with Gasteiger partial charge >= 0.3 is 0 Å². The summed E-state index contributed by atoms with van der Waals surface area (Å²) in [6.45, 7) is 4.37. The Labute approximate surface area is 134 Å². The summed E-state index contributed by atoms with van der Waals surface area (Å²) in [6.07, 6.45) is -0.0953. The van der Waals surface area contributed by atoms with Crippen LogP contribution in [0.25, 0.3) is 0 Å². The summed E-state index contributed by atoms with van der Waals surface area (Å²) in [4.78, 5) is 13.9. The molecule has 4 rings (SSSR count). The summed E-state index contributed by atoms with van der Waals surface area (Å²) in [5.41, 5.74) is 2.59. The Morgan fingerprint density at radius 1 is 1.14 bits per heavy atom. The maximum absolute atomic E-state index is 12.8. The molecule has 1 fully saturated rings. The van der Waals surface area contributed by atoms with Crippen molar-refractivity contribution < 1.29 is 9.53 Å². The molecule has 0 aliphatic carbocycles. The second-order valence-electron chi connectivity index (χ2n) is 6.32. The molecular formula is C19H18O2S. The number of Topliss-reactive ketones (excluding diaryl/α,β-unsaturated/α-hetero) is 1. The summed E-state index contributed by atoms with van der Waals surface area (Å²) in [5.74, 6) is 1.36. The number of hydrogen-bond acceptors (Lipinski definition) is 3. The molecule has 2 aromatic carbocycles. The first-order chi connectivity index (χ1) is 10.6. The van der Waals surface area contributed by atoms with Gasteiger partial charge in [-0.25, -0.2) is 0 Å². The lowest BCUT2D eigenvalue weighted by atomic mass is 9.91. The third-order valence-electron chi connectivity index (χ3n) is 4.56. The molecular weight excluding hydrogens is 292 g/mol. The van der Waals surface area contributed by atoms with Crippen LogP contribution in [0.5, 0.6) is 0 Å². The average molecular weight is 310 g/mol. The van der Waals surface area contributed by atoms with Crippen LogP contribution in [0.1, 0.15) is 47.4 Å². The number of hydrogen-bond donors (Lipinski definition) is 0. The molecule has 0 aromatic heterocycles. The average Bonchev–Trinajstić information content (AvgIpc) is 3.27. The maximum atomic E-state index is 12.8. The first-order valence-electron chi connectivity index (χ1n) is 7.66. The minimum atomic E-state index is -0.641. The van der Waals surface area contributed by atoms with Crippen molar-refractivity contribution in [2.24, 2.45) is 0 Å². The molecule has 2 heterocycles. The number of ketones is 1. The lowest BCUT2D eigenvalue weighted by molar-refractivity contribution is 0.0885. The topological polar surface area (TPSA) is 29.6 Å². The third-order valence-corrected chi connectivity index (χ3v) is 5.80. The van der Waals surface area contributed by atoms with Crippen LogP contribution >= 0.6 is 11.8 Å². The molecule has 2 atom stereocenters. The molecule has 0 bridgehead atoms. The second kappa shape index (κ2) is 4.97. The quantitative estimate of drug-likeness (QED) is 0.759. The summed E-state index contributed by atoms with van der Waals surface area (Å²) in [5, 5.41) is 0. The summed E-state index contributed by atoms with van der Waals surface area (Å²) in [7, 11) is 0. The number of rotatable bonds is 2. The molecule has 0 unspecified atom stereocenters. The van der Waals surface area contributed by atoms with Crippen LogP contribution in [0.4, 0.5) is 0 Å². The van der Waals surface area contributed by atoms with Crippen molar-refractivity contribution in [3.05, 3.63) is 65.2 Å². The van der Waals surface area contributed by atoms with E-state index in [1.54, 1.807) is 11.8 Å². The Balaban J connectivity index is 1.62. The standard InChI is InChI=1S/C19H18O2S/c1-12(2)13-7-9-14(10-8-13)18-19(21-18)11-22-16-6-4-3-5-15(16)17(19)20/h3-10,12,18H,11H2,1-2H3/t18-,19+/m1/s1. The van der Waals surface area contributed by atoms with Crippen LogP contribution < -0.4 is 0 Å². The van der Waals surface area contributed by atoms with Gasteiger partial charge in [-0.1, -0.05) is 56.3 Å². The Kier molecular flexibility index (Phi) is 3.17. The van der Waals surface area contributed by atoms with E-state index in [9.17, 15) is 4.79 Å². The second-order valence-corrected chi connectivity index (χ2v) is 7.34. The van der Waals surface area contributed by atoms with E-state index < -0.39 is 5.60 Å². The molecule has 0 N–H and O–H groups in total. The lowest BCUT2D eigenvalue weighted by Gasteiger charge is -2.20. The molecule has 112 valence electrons. The molecule has 1 saturated heterocycles. The van der Waals surface area contributed by atoms with E-state index in [-0.39, 0.29) is 11.9 Å². The molecule has 2 nitrogen and oxygen atoms in total. The Morgan fingerprint density at radius 3 is 2.59 bits per heavy atom. The van der Waals surface area contributed by atoms with Crippen molar-refractivity contribution in [3.63, 3.8) is 0 Å². The van der Waals surface area contributed by atoms with E-state index in [4.69, 9.17) is 4.74 Å². The van der Waals surface area contributed by atoms with Gasteiger partial charge in [0.25, 0.3) is 0 Å². The highest BCUT2D eigenvalue weighted by atomic mass is 32.2. The van der Waals surface area contributed by atoms with Gasteiger partial charge in [0.1, 0.15) is 6.10 Å². The summed E-state index contributed by atoms with van der Waals surface area (Å²) < 4.78 is 5.93. The van der Waals surface area contributed by atoms with Gasteiger partial charge in [-0.3, -0.25) is 4.79 Å². The predicted molar refractivity (Wildman–Crippen MR) is 88.6 cm³/mol. The fraction of sp³-hybridized carbons (Fsp3) is 0.316. The number of fused-ring (bicyclic) bond motifs is 1. The van der Waals surface area contributed by atoms with E-state index in [2.05, 4.69) is 38.1 Å². The van der Waals surface area contributed by atoms with Crippen molar-refractivity contribution in [1.82, 2.24) is 0 Å². The van der Waals surface area contributed by atoms with Crippen molar-refractivity contribution in [3.8, 4) is 0 Å². The van der Waals surface area contributed by atoms with E-state index in [1.807, 2.05) is 24.3 Å². The van der Waals surface area contributed by atoms with Crippen LogP contribution in [0, 0.1) is 0 Å². The van der Waals surface area contributed by atoms with Gasteiger partial charge in [-0.15, -0.1) is 11.8 Å².